The molecule has 1 aliphatic rings. The number of hydrogen-bond acceptors (Lipinski definition) is 4. The lowest BCUT2D eigenvalue weighted by atomic mass is 10.0. The van der Waals surface area contributed by atoms with Crippen molar-refractivity contribution >= 4 is 8.32 Å². The molecule has 4 nitrogen and oxygen atoms in total. The predicted molar refractivity (Wildman–Crippen MR) is 106 cm³/mol. The second kappa shape index (κ2) is 9.09. The van der Waals surface area contributed by atoms with Gasteiger partial charge in [0.2, 0.25) is 0 Å². The lowest BCUT2D eigenvalue weighted by Crippen LogP contribution is -2.50. The zero-order valence-electron chi connectivity index (χ0n) is 16.7. The van der Waals surface area contributed by atoms with Crippen LogP contribution in [-0.4, -0.2) is 39.6 Å². The lowest BCUT2D eigenvalue weighted by Gasteiger charge is -2.40. The Labute approximate surface area is 158 Å². The van der Waals surface area contributed by atoms with Gasteiger partial charge in [0, 0.05) is 13.1 Å². The molecular weight excluding hydrogens is 345 g/mol. The normalized spacial score (nSPS) is 18.1. The van der Waals surface area contributed by atoms with E-state index in [9.17, 15) is 9.65 Å². The van der Waals surface area contributed by atoms with Gasteiger partial charge in [-0.1, -0.05) is 19.9 Å². The molecule has 0 saturated carbocycles. The number of nitrogens with one attached hydrogen (secondary N) is 1. The second-order valence-corrected chi connectivity index (χ2v) is 12.4. The Hall–Kier alpha value is -1.26. The third kappa shape index (κ3) is 5.37. The average Bonchev–Trinajstić information content (AvgIpc) is 3.09. The maximum absolute atomic E-state index is 13.8. The average molecular weight is 378 g/mol. The van der Waals surface area contributed by atoms with E-state index in [0.717, 1.165) is 24.7 Å². The SMILES string of the molecule is CNC(c1ccc(F)c(C#N)c1)[C@H](O[Si](C)(C)CC(C)C)N1CCCC1. The van der Waals surface area contributed by atoms with Crippen molar-refractivity contribution in [1.29, 1.82) is 5.26 Å². The van der Waals surface area contributed by atoms with Crippen molar-refractivity contribution in [3.8, 4) is 6.07 Å². The van der Waals surface area contributed by atoms with E-state index >= 15 is 0 Å². The van der Waals surface area contributed by atoms with E-state index in [2.05, 4.69) is 37.2 Å². The van der Waals surface area contributed by atoms with Gasteiger partial charge in [-0.05, 0) is 62.6 Å². The van der Waals surface area contributed by atoms with Gasteiger partial charge < -0.3 is 9.74 Å². The van der Waals surface area contributed by atoms with Crippen LogP contribution in [0.3, 0.4) is 0 Å². The van der Waals surface area contributed by atoms with Crippen LogP contribution in [0.5, 0.6) is 0 Å². The van der Waals surface area contributed by atoms with Gasteiger partial charge in [0.05, 0.1) is 11.6 Å². The number of likely N-dealkylation sites (tertiary alicyclic amines) is 1. The van der Waals surface area contributed by atoms with Crippen LogP contribution in [0.15, 0.2) is 18.2 Å². The van der Waals surface area contributed by atoms with E-state index in [1.165, 1.54) is 18.9 Å². The van der Waals surface area contributed by atoms with Gasteiger partial charge in [-0.25, -0.2) is 4.39 Å². The summed E-state index contributed by atoms with van der Waals surface area (Å²) in [5.74, 6) is 0.124. The fraction of sp³-hybridized carbons (Fsp3) is 0.650. The Kier molecular flexibility index (Phi) is 7.36. The van der Waals surface area contributed by atoms with E-state index in [1.54, 1.807) is 12.1 Å². The zero-order valence-corrected chi connectivity index (χ0v) is 17.7. The maximum Gasteiger partial charge on any atom is 0.189 e. The van der Waals surface area contributed by atoms with Crippen LogP contribution in [0, 0.1) is 23.1 Å². The Bertz CT molecular complexity index is 638. The Morgan fingerprint density at radius 2 is 1.96 bits per heavy atom. The lowest BCUT2D eigenvalue weighted by molar-refractivity contribution is 0.00476. The summed E-state index contributed by atoms with van der Waals surface area (Å²) in [6, 6.07) is 7.75. The maximum atomic E-state index is 13.8. The van der Waals surface area contributed by atoms with Crippen molar-refractivity contribution < 1.29 is 8.82 Å². The van der Waals surface area contributed by atoms with Gasteiger partial charge in [-0.3, -0.25) is 4.90 Å². The van der Waals surface area contributed by atoms with Crippen LogP contribution in [0.1, 0.15) is 43.9 Å². The molecule has 1 unspecified atom stereocenters. The summed E-state index contributed by atoms with van der Waals surface area (Å²) in [4.78, 5) is 2.39. The Balaban J connectivity index is 2.34. The summed E-state index contributed by atoms with van der Waals surface area (Å²) in [6.45, 7) is 11.0. The number of benzene rings is 1. The van der Waals surface area contributed by atoms with E-state index in [4.69, 9.17) is 4.43 Å². The predicted octanol–water partition coefficient (Wildman–Crippen LogP) is 4.26. The molecule has 0 aliphatic carbocycles. The number of nitriles is 1. The van der Waals surface area contributed by atoms with Gasteiger partial charge in [0.25, 0.3) is 0 Å². The number of rotatable bonds is 8. The largest absolute Gasteiger partial charge is 0.400 e. The minimum atomic E-state index is -1.86. The van der Waals surface area contributed by atoms with Gasteiger partial charge in [-0.2, -0.15) is 5.26 Å². The monoisotopic (exact) mass is 377 g/mol. The quantitative estimate of drug-likeness (QED) is 0.688. The van der Waals surface area contributed by atoms with Crippen molar-refractivity contribution in [3.63, 3.8) is 0 Å². The molecule has 0 bridgehead atoms. The van der Waals surface area contributed by atoms with E-state index < -0.39 is 14.1 Å². The molecule has 2 rings (SSSR count). The van der Waals surface area contributed by atoms with Crippen molar-refractivity contribution in [3.05, 3.63) is 35.1 Å². The first-order chi connectivity index (χ1) is 12.3. The molecule has 0 radical (unpaired) electrons. The van der Waals surface area contributed by atoms with Crippen LogP contribution in [-0.2, 0) is 4.43 Å². The molecule has 1 heterocycles. The summed E-state index contributed by atoms with van der Waals surface area (Å²) < 4.78 is 20.5. The summed E-state index contributed by atoms with van der Waals surface area (Å²) in [5.41, 5.74) is 0.985. The molecule has 0 spiro atoms. The first-order valence-corrected chi connectivity index (χ1v) is 12.7. The summed E-state index contributed by atoms with van der Waals surface area (Å²) in [6.07, 6.45) is 2.25. The van der Waals surface area contributed by atoms with Crippen LogP contribution in [0.4, 0.5) is 4.39 Å². The highest BCUT2D eigenvalue weighted by atomic mass is 28.4. The number of nitrogens with zero attached hydrogens (tertiary/aromatic N) is 2. The minimum absolute atomic E-state index is 0.0848. The Morgan fingerprint density at radius 3 is 2.50 bits per heavy atom. The number of likely N-dealkylation sites (N-methyl/N-ethyl adjacent to an activating group) is 1. The summed E-state index contributed by atoms with van der Waals surface area (Å²) in [5, 5.41) is 12.6. The molecule has 1 N–H and O–H groups in total. The summed E-state index contributed by atoms with van der Waals surface area (Å²) >= 11 is 0. The van der Waals surface area contributed by atoms with Crippen molar-refractivity contribution in [2.24, 2.45) is 5.92 Å². The molecule has 1 fully saturated rings. The molecule has 144 valence electrons. The first kappa shape index (κ1) is 21.0. The summed E-state index contributed by atoms with van der Waals surface area (Å²) in [7, 11) is 0.0438. The third-order valence-electron chi connectivity index (χ3n) is 4.91. The fourth-order valence-corrected chi connectivity index (χ4v) is 7.00. The van der Waals surface area contributed by atoms with Crippen LogP contribution >= 0.6 is 0 Å². The minimum Gasteiger partial charge on any atom is -0.400 e. The van der Waals surface area contributed by atoms with E-state index in [1.807, 2.05) is 13.1 Å². The molecule has 1 aromatic rings. The van der Waals surface area contributed by atoms with Crippen LogP contribution in [0.2, 0.25) is 19.1 Å². The van der Waals surface area contributed by atoms with Crippen molar-refractivity contribution in [2.45, 2.75) is 58.1 Å². The standard InChI is InChI=1S/C20H32FN3OSi/c1-15(2)14-26(4,5)25-20(24-10-6-7-11-24)19(23-3)16-8-9-18(21)17(12-16)13-22/h8-9,12,15,19-20,23H,6-7,10-11,14H2,1-5H3/t19?,20-/m0/s1. The van der Waals surface area contributed by atoms with E-state index in [-0.39, 0.29) is 17.8 Å². The molecule has 1 saturated heterocycles. The molecule has 1 aromatic carbocycles. The second-order valence-electron chi connectivity index (χ2n) is 8.23. The smallest absolute Gasteiger partial charge is 0.189 e. The number of hydrogen-bond donors (Lipinski definition) is 1. The van der Waals surface area contributed by atoms with Crippen molar-refractivity contribution in [1.82, 2.24) is 10.2 Å². The highest BCUT2D eigenvalue weighted by Gasteiger charge is 2.36. The molecule has 0 aromatic heterocycles. The highest BCUT2D eigenvalue weighted by molar-refractivity contribution is 6.71. The molecular formula is C20H32FN3OSi. The third-order valence-corrected chi connectivity index (χ3v) is 7.59. The van der Waals surface area contributed by atoms with E-state index in [0.29, 0.717) is 5.92 Å². The molecule has 6 heteroatoms. The van der Waals surface area contributed by atoms with Crippen LogP contribution in [0.25, 0.3) is 0 Å². The van der Waals surface area contributed by atoms with Crippen molar-refractivity contribution in [2.75, 3.05) is 20.1 Å². The zero-order chi connectivity index (χ0) is 19.3. The fourth-order valence-electron chi connectivity index (χ4n) is 4.00. The highest BCUT2D eigenvalue weighted by Crippen LogP contribution is 2.30. The van der Waals surface area contributed by atoms with Gasteiger partial charge >= 0.3 is 0 Å². The Morgan fingerprint density at radius 1 is 1.31 bits per heavy atom. The molecule has 0 amide bonds. The van der Waals surface area contributed by atoms with Gasteiger partial charge in [0.15, 0.2) is 8.32 Å². The molecule has 26 heavy (non-hydrogen) atoms. The van der Waals surface area contributed by atoms with Crippen LogP contribution < -0.4 is 5.32 Å². The van der Waals surface area contributed by atoms with Gasteiger partial charge in [-0.15, -0.1) is 0 Å². The van der Waals surface area contributed by atoms with Gasteiger partial charge in [0.1, 0.15) is 18.1 Å². The first-order valence-electron chi connectivity index (χ1n) is 9.56. The molecule has 1 aliphatic heterocycles. The molecule has 2 atom stereocenters. The number of halogens is 1. The topological polar surface area (TPSA) is 48.3 Å².